The molecule has 1 saturated carbocycles. The lowest BCUT2D eigenvalue weighted by Crippen LogP contribution is -2.61. The van der Waals surface area contributed by atoms with Gasteiger partial charge in [-0.25, -0.2) is 0 Å². The number of ether oxygens (including phenoxy) is 6. The molecular weight excluding hydrogens is 288 g/mol. The lowest BCUT2D eigenvalue weighted by Gasteiger charge is -2.45. The maximum atomic E-state index is 6.20. The van der Waals surface area contributed by atoms with Crippen molar-refractivity contribution in [2.24, 2.45) is 0 Å². The molecule has 0 radical (unpaired) electrons. The van der Waals surface area contributed by atoms with Crippen molar-refractivity contribution in [1.29, 1.82) is 0 Å². The molecule has 0 unspecified atom stereocenters. The van der Waals surface area contributed by atoms with Crippen molar-refractivity contribution in [3.63, 3.8) is 0 Å². The molecule has 6 heteroatoms. The van der Waals surface area contributed by atoms with Crippen LogP contribution in [0.25, 0.3) is 0 Å². The minimum Gasteiger partial charge on any atom is -0.382 e. The fraction of sp³-hybridized carbons (Fsp3) is 1.00. The number of hydrogen-bond acceptors (Lipinski definition) is 6. The van der Waals surface area contributed by atoms with Gasteiger partial charge in [0.15, 0.2) is 6.29 Å². The molecule has 22 heavy (non-hydrogen) atoms. The topological polar surface area (TPSA) is 55.4 Å². The molecule has 0 spiro atoms. The Labute approximate surface area is 133 Å². The summed E-state index contributed by atoms with van der Waals surface area (Å²) >= 11 is 0. The van der Waals surface area contributed by atoms with Crippen molar-refractivity contribution < 1.29 is 28.4 Å². The first-order chi connectivity index (χ1) is 10.7. The fourth-order valence-corrected chi connectivity index (χ4v) is 3.48. The van der Waals surface area contributed by atoms with Gasteiger partial charge < -0.3 is 28.4 Å². The molecule has 6 nitrogen and oxygen atoms in total. The Morgan fingerprint density at radius 1 is 0.818 bits per heavy atom. The molecule has 5 atom stereocenters. The molecule has 1 heterocycles. The van der Waals surface area contributed by atoms with Gasteiger partial charge in [-0.1, -0.05) is 19.3 Å². The van der Waals surface area contributed by atoms with Crippen LogP contribution in [0.1, 0.15) is 32.1 Å². The largest absolute Gasteiger partial charge is 0.382 e. The summed E-state index contributed by atoms with van der Waals surface area (Å²) in [7, 11) is 6.62. The second-order valence-corrected chi connectivity index (χ2v) is 6.00. The Balaban J connectivity index is 2.08. The molecule has 2 rings (SSSR count). The van der Waals surface area contributed by atoms with E-state index in [1.807, 2.05) is 0 Å². The van der Waals surface area contributed by atoms with E-state index in [1.54, 1.807) is 28.4 Å². The van der Waals surface area contributed by atoms with E-state index in [4.69, 9.17) is 28.4 Å². The van der Waals surface area contributed by atoms with Gasteiger partial charge in [-0.15, -0.1) is 0 Å². The molecular formula is C16H30O6. The predicted octanol–water partition coefficient (Wildman–Crippen LogP) is 1.75. The molecule has 0 aromatic rings. The van der Waals surface area contributed by atoms with E-state index in [2.05, 4.69) is 0 Å². The zero-order valence-corrected chi connectivity index (χ0v) is 14.2. The van der Waals surface area contributed by atoms with E-state index >= 15 is 0 Å². The van der Waals surface area contributed by atoms with Crippen molar-refractivity contribution in [3.8, 4) is 0 Å². The molecule has 1 saturated heterocycles. The van der Waals surface area contributed by atoms with Crippen molar-refractivity contribution >= 4 is 0 Å². The third kappa shape index (κ3) is 4.19. The standard InChI is InChI=1S/C16H30O6/c1-17-10-12-13(18-2)14(19-3)15(20-4)16(22-12)21-11-8-6-5-7-9-11/h11-16H,5-10H2,1-4H3/t12-,13+,14+,15-,16+/m1/s1. The Bertz CT molecular complexity index is 307. The number of methoxy groups -OCH3 is 4. The summed E-state index contributed by atoms with van der Waals surface area (Å²) in [4.78, 5) is 0. The Kier molecular flexibility index (Phi) is 7.53. The van der Waals surface area contributed by atoms with Gasteiger partial charge >= 0.3 is 0 Å². The van der Waals surface area contributed by atoms with Gasteiger partial charge in [-0.05, 0) is 12.8 Å². The number of rotatable bonds is 7. The van der Waals surface area contributed by atoms with Gasteiger partial charge in [-0.3, -0.25) is 0 Å². The van der Waals surface area contributed by atoms with Crippen LogP contribution in [-0.2, 0) is 28.4 Å². The minimum atomic E-state index is -0.454. The van der Waals surface area contributed by atoms with E-state index in [-0.39, 0.29) is 30.5 Å². The monoisotopic (exact) mass is 318 g/mol. The highest BCUT2D eigenvalue weighted by Gasteiger charge is 2.48. The van der Waals surface area contributed by atoms with Crippen molar-refractivity contribution in [2.75, 3.05) is 35.0 Å². The van der Waals surface area contributed by atoms with E-state index < -0.39 is 6.29 Å². The molecule has 0 bridgehead atoms. The summed E-state index contributed by atoms with van der Waals surface area (Å²) < 4.78 is 34.4. The molecule has 0 amide bonds. The summed E-state index contributed by atoms with van der Waals surface area (Å²) in [5.74, 6) is 0. The smallest absolute Gasteiger partial charge is 0.187 e. The lowest BCUT2D eigenvalue weighted by molar-refractivity contribution is -0.323. The maximum Gasteiger partial charge on any atom is 0.187 e. The minimum absolute atomic E-state index is 0.233. The van der Waals surface area contributed by atoms with Crippen LogP contribution in [-0.4, -0.2) is 71.9 Å². The Morgan fingerprint density at radius 3 is 2.00 bits per heavy atom. The quantitative estimate of drug-likeness (QED) is 0.713. The van der Waals surface area contributed by atoms with Crippen LogP contribution in [0.2, 0.25) is 0 Å². The first-order valence-electron chi connectivity index (χ1n) is 8.13. The second kappa shape index (κ2) is 9.15. The van der Waals surface area contributed by atoms with Crippen molar-refractivity contribution in [2.45, 2.75) is 68.9 Å². The van der Waals surface area contributed by atoms with Crippen LogP contribution in [0, 0.1) is 0 Å². The Morgan fingerprint density at radius 2 is 1.45 bits per heavy atom. The van der Waals surface area contributed by atoms with Gasteiger partial charge in [0.25, 0.3) is 0 Å². The zero-order valence-electron chi connectivity index (χ0n) is 14.2. The first-order valence-corrected chi connectivity index (χ1v) is 8.13. The first kappa shape index (κ1) is 18.1. The summed E-state index contributed by atoms with van der Waals surface area (Å²) in [5, 5.41) is 0. The normalized spacial score (nSPS) is 37.4. The van der Waals surface area contributed by atoms with E-state index in [0.717, 1.165) is 12.8 Å². The molecule has 2 aliphatic rings. The molecule has 0 aromatic carbocycles. The third-order valence-corrected chi connectivity index (χ3v) is 4.62. The van der Waals surface area contributed by atoms with E-state index in [1.165, 1.54) is 19.3 Å². The van der Waals surface area contributed by atoms with Crippen molar-refractivity contribution in [3.05, 3.63) is 0 Å². The van der Waals surface area contributed by atoms with Crippen LogP contribution in [0.3, 0.4) is 0 Å². The van der Waals surface area contributed by atoms with Gasteiger partial charge in [0.1, 0.15) is 24.4 Å². The van der Waals surface area contributed by atoms with Crippen molar-refractivity contribution in [1.82, 2.24) is 0 Å². The highest BCUT2D eigenvalue weighted by Crippen LogP contribution is 2.31. The molecule has 1 aliphatic heterocycles. The molecule has 0 N–H and O–H groups in total. The van der Waals surface area contributed by atoms with Crippen LogP contribution >= 0.6 is 0 Å². The van der Waals surface area contributed by atoms with E-state index in [0.29, 0.717) is 6.61 Å². The Hall–Kier alpha value is -0.240. The highest BCUT2D eigenvalue weighted by atomic mass is 16.7. The van der Waals surface area contributed by atoms with Gasteiger partial charge in [-0.2, -0.15) is 0 Å². The van der Waals surface area contributed by atoms with Crippen LogP contribution < -0.4 is 0 Å². The van der Waals surface area contributed by atoms with Crippen LogP contribution in [0.5, 0.6) is 0 Å². The maximum absolute atomic E-state index is 6.20. The lowest BCUT2D eigenvalue weighted by atomic mass is 9.96. The molecule has 2 fully saturated rings. The molecule has 130 valence electrons. The average Bonchev–Trinajstić information content (AvgIpc) is 2.55. The van der Waals surface area contributed by atoms with Gasteiger partial charge in [0.2, 0.25) is 0 Å². The zero-order chi connectivity index (χ0) is 15.9. The average molecular weight is 318 g/mol. The van der Waals surface area contributed by atoms with Gasteiger partial charge in [0, 0.05) is 28.4 Å². The fourth-order valence-electron chi connectivity index (χ4n) is 3.48. The second-order valence-electron chi connectivity index (χ2n) is 6.00. The third-order valence-electron chi connectivity index (χ3n) is 4.62. The van der Waals surface area contributed by atoms with Gasteiger partial charge in [0.05, 0.1) is 12.7 Å². The summed E-state index contributed by atoms with van der Waals surface area (Å²) in [6.45, 7) is 0.430. The van der Waals surface area contributed by atoms with Crippen LogP contribution in [0.4, 0.5) is 0 Å². The van der Waals surface area contributed by atoms with E-state index in [9.17, 15) is 0 Å². The predicted molar refractivity (Wildman–Crippen MR) is 80.9 cm³/mol. The summed E-state index contributed by atoms with van der Waals surface area (Å²) in [6.07, 6.45) is 4.60. The number of hydrogen-bond donors (Lipinski definition) is 0. The van der Waals surface area contributed by atoms with Crippen LogP contribution in [0.15, 0.2) is 0 Å². The SMILES string of the molecule is COC[C@H]1O[C@H](OC2CCCCC2)[C@H](OC)[C@@H](OC)[C@H]1OC. The molecule has 1 aliphatic carbocycles. The summed E-state index contributed by atoms with van der Waals surface area (Å²) in [6, 6.07) is 0. The highest BCUT2D eigenvalue weighted by molar-refractivity contribution is 4.92. The molecule has 0 aromatic heterocycles. The summed E-state index contributed by atoms with van der Waals surface area (Å²) in [5.41, 5.74) is 0.